The average molecular weight is 401 g/mol. The Morgan fingerprint density at radius 1 is 1.37 bits per heavy atom. The number of methoxy groups -OCH3 is 1. The highest BCUT2D eigenvalue weighted by Crippen LogP contribution is 2.36. The van der Waals surface area contributed by atoms with E-state index in [-0.39, 0.29) is 17.3 Å². The second kappa shape index (κ2) is 7.48. The first kappa shape index (κ1) is 18.3. The van der Waals surface area contributed by atoms with E-state index in [4.69, 9.17) is 9.72 Å². The Balaban J connectivity index is 1.92. The number of esters is 1. The van der Waals surface area contributed by atoms with Crippen LogP contribution in [0, 0.1) is 5.92 Å². The molecule has 0 spiro atoms. The van der Waals surface area contributed by atoms with Gasteiger partial charge in [-0.25, -0.2) is 4.98 Å². The van der Waals surface area contributed by atoms with Gasteiger partial charge in [-0.05, 0) is 42.9 Å². The van der Waals surface area contributed by atoms with Crippen LogP contribution in [0.25, 0.3) is 15.9 Å². The zero-order chi connectivity index (χ0) is 19.0. The molecule has 2 heterocycles. The van der Waals surface area contributed by atoms with Crippen LogP contribution in [0.2, 0.25) is 0 Å². The molecule has 1 atom stereocenters. The standard InChI is InChI=1S/C20H20N2O3S2/c1-12-8-9-14-15(10-12)27-18-17(14)19(24)22(13-6-4-3-5-7-13)20(21-18)26-11-16(23)25-2/h3-7,12H,8-11H2,1-2H3/t12-/m0/s1. The third kappa shape index (κ3) is 3.41. The van der Waals surface area contributed by atoms with Gasteiger partial charge < -0.3 is 4.74 Å². The lowest BCUT2D eigenvalue weighted by Crippen LogP contribution is -2.23. The molecule has 2 aromatic heterocycles. The minimum absolute atomic E-state index is 0.0504. The summed E-state index contributed by atoms with van der Waals surface area (Å²) in [6, 6.07) is 9.47. The van der Waals surface area contributed by atoms with E-state index in [2.05, 4.69) is 6.92 Å². The van der Waals surface area contributed by atoms with E-state index < -0.39 is 0 Å². The molecule has 0 amide bonds. The monoisotopic (exact) mass is 400 g/mol. The Morgan fingerprint density at radius 3 is 2.89 bits per heavy atom. The van der Waals surface area contributed by atoms with Gasteiger partial charge in [-0.1, -0.05) is 36.9 Å². The molecule has 0 unspecified atom stereocenters. The van der Waals surface area contributed by atoms with Crippen molar-refractivity contribution in [2.75, 3.05) is 12.9 Å². The number of thioether (sulfide) groups is 1. The van der Waals surface area contributed by atoms with E-state index >= 15 is 0 Å². The van der Waals surface area contributed by atoms with E-state index in [1.54, 1.807) is 15.9 Å². The lowest BCUT2D eigenvalue weighted by atomic mass is 9.89. The van der Waals surface area contributed by atoms with Crippen LogP contribution in [-0.4, -0.2) is 28.4 Å². The zero-order valence-corrected chi connectivity index (χ0v) is 16.9. The molecule has 0 saturated carbocycles. The van der Waals surface area contributed by atoms with E-state index in [1.807, 2.05) is 30.3 Å². The van der Waals surface area contributed by atoms with Crippen molar-refractivity contribution in [1.82, 2.24) is 9.55 Å². The fourth-order valence-electron chi connectivity index (χ4n) is 3.46. The number of thiophene rings is 1. The van der Waals surface area contributed by atoms with Crippen LogP contribution in [0.5, 0.6) is 0 Å². The highest BCUT2D eigenvalue weighted by molar-refractivity contribution is 7.99. The number of hydrogen-bond donors (Lipinski definition) is 0. The third-order valence-electron chi connectivity index (χ3n) is 4.86. The second-order valence-corrected chi connectivity index (χ2v) is 8.79. The van der Waals surface area contributed by atoms with Gasteiger partial charge in [0.15, 0.2) is 5.16 Å². The highest BCUT2D eigenvalue weighted by Gasteiger charge is 2.25. The molecule has 0 bridgehead atoms. The van der Waals surface area contributed by atoms with Gasteiger partial charge in [0, 0.05) is 4.88 Å². The molecule has 5 nitrogen and oxygen atoms in total. The van der Waals surface area contributed by atoms with Gasteiger partial charge in [-0.3, -0.25) is 14.2 Å². The molecule has 0 N–H and O–H groups in total. The molecular weight excluding hydrogens is 380 g/mol. The Hall–Kier alpha value is -2.12. The zero-order valence-electron chi connectivity index (χ0n) is 15.2. The van der Waals surface area contributed by atoms with Crippen molar-refractivity contribution in [3.63, 3.8) is 0 Å². The van der Waals surface area contributed by atoms with Gasteiger partial charge >= 0.3 is 5.97 Å². The fraction of sp³-hybridized carbons (Fsp3) is 0.350. The van der Waals surface area contributed by atoms with Crippen molar-refractivity contribution in [3.8, 4) is 5.69 Å². The van der Waals surface area contributed by atoms with Gasteiger partial charge in [0.25, 0.3) is 5.56 Å². The summed E-state index contributed by atoms with van der Waals surface area (Å²) in [5, 5.41) is 1.27. The molecule has 0 aliphatic heterocycles. The van der Waals surface area contributed by atoms with Crippen LogP contribution >= 0.6 is 23.1 Å². The number of carbonyl (C=O) groups excluding carboxylic acids is 1. The van der Waals surface area contributed by atoms with Gasteiger partial charge in [0.1, 0.15) is 4.83 Å². The number of benzene rings is 1. The molecule has 1 aliphatic carbocycles. The maximum atomic E-state index is 13.5. The first-order valence-electron chi connectivity index (χ1n) is 8.90. The molecule has 27 heavy (non-hydrogen) atoms. The second-order valence-electron chi connectivity index (χ2n) is 6.77. The van der Waals surface area contributed by atoms with Crippen molar-refractivity contribution in [1.29, 1.82) is 0 Å². The summed E-state index contributed by atoms with van der Waals surface area (Å²) in [6.45, 7) is 2.25. The summed E-state index contributed by atoms with van der Waals surface area (Å²) in [7, 11) is 1.36. The first-order chi connectivity index (χ1) is 13.1. The number of para-hydroxylation sites is 1. The molecule has 1 aliphatic rings. The van der Waals surface area contributed by atoms with Crippen LogP contribution in [0.4, 0.5) is 0 Å². The van der Waals surface area contributed by atoms with Gasteiger partial charge in [-0.15, -0.1) is 11.3 Å². The molecule has 4 rings (SSSR count). The number of ether oxygens (including phenoxy) is 1. The van der Waals surface area contributed by atoms with E-state index in [0.717, 1.165) is 35.2 Å². The topological polar surface area (TPSA) is 61.2 Å². The van der Waals surface area contributed by atoms with Gasteiger partial charge in [0.05, 0.1) is 23.9 Å². The highest BCUT2D eigenvalue weighted by atomic mass is 32.2. The molecule has 0 radical (unpaired) electrons. The van der Waals surface area contributed by atoms with Crippen molar-refractivity contribution in [2.24, 2.45) is 5.92 Å². The molecule has 7 heteroatoms. The number of aromatic nitrogens is 2. The summed E-state index contributed by atoms with van der Waals surface area (Å²) in [5.74, 6) is 0.409. The van der Waals surface area contributed by atoms with E-state index in [9.17, 15) is 9.59 Å². The minimum Gasteiger partial charge on any atom is -0.468 e. The van der Waals surface area contributed by atoms with Crippen molar-refractivity contribution >= 4 is 39.3 Å². The summed E-state index contributed by atoms with van der Waals surface area (Å²) in [5.41, 5.74) is 1.87. The summed E-state index contributed by atoms with van der Waals surface area (Å²) >= 11 is 2.86. The van der Waals surface area contributed by atoms with Gasteiger partial charge in [0.2, 0.25) is 0 Å². The number of fused-ring (bicyclic) bond motifs is 3. The smallest absolute Gasteiger partial charge is 0.316 e. The predicted molar refractivity (Wildman–Crippen MR) is 109 cm³/mol. The SMILES string of the molecule is COC(=O)CSc1nc2sc3c(c2c(=O)n1-c1ccccc1)CC[C@H](C)C3. The number of hydrogen-bond acceptors (Lipinski definition) is 6. The number of nitrogens with zero attached hydrogens (tertiary/aromatic N) is 2. The Morgan fingerprint density at radius 2 is 2.15 bits per heavy atom. The largest absolute Gasteiger partial charge is 0.468 e. The van der Waals surface area contributed by atoms with Crippen LogP contribution in [0.1, 0.15) is 23.8 Å². The van der Waals surface area contributed by atoms with Crippen molar-refractivity contribution < 1.29 is 9.53 Å². The lowest BCUT2D eigenvalue weighted by molar-refractivity contribution is -0.137. The molecule has 1 aromatic carbocycles. The fourth-order valence-corrected chi connectivity index (χ4v) is 5.72. The molecule has 140 valence electrons. The van der Waals surface area contributed by atoms with Crippen LogP contribution in [0.15, 0.2) is 40.3 Å². The maximum Gasteiger partial charge on any atom is 0.316 e. The Labute approximate surface area is 165 Å². The van der Waals surface area contributed by atoms with Crippen molar-refractivity contribution in [3.05, 3.63) is 51.1 Å². The van der Waals surface area contributed by atoms with Crippen LogP contribution < -0.4 is 5.56 Å². The Kier molecular flexibility index (Phi) is 5.06. The predicted octanol–water partition coefficient (Wildman–Crippen LogP) is 3.84. The van der Waals surface area contributed by atoms with Crippen molar-refractivity contribution in [2.45, 2.75) is 31.3 Å². The minimum atomic E-state index is -0.340. The number of rotatable bonds is 4. The molecule has 0 saturated heterocycles. The molecule has 0 fully saturated rings. The third-order valence-corrected chi connectivity index (χ3v) is 6.92. The summed E-state index contributed by atoms with van der Waals surface area (Å²) in [4.78, 5) is 31.9. The summed E-state index contributed by atoms with van der Waals surface area (Å²) in [6.07, 6.45) is 3.03. The lowest BCUT2D eigenvalue weighted by Gasteiger charge is -2.17. The van der Waals surface area contributed by atoms with Crippen LogP contribution in [-0.2, 0) is 22.4 Å². The normalized spacial score (nSPS) is 16.3. The number of carbonyl (C=O) groups is 1. The van der Waals surface area contributed by atoms with E-state index in [1.165, 1.54) is 29.3 Å². The van der Waals surface area contributed by atoms with Gasteiger partial charge in [-0.2, -0.15) is 0 Å². The molecular formula is C20H20N2O3S2. The first-order valence-corrected chi connectivity index (χ1v) is 10.7. The van der Waals surface area contributed by atoms with Crippen LogP contribution in [0.3, 0.4) is 0 Å². The Bertz CT molecular complexity index is 1060. The summed E-state index contributed by atoms with van der Waals surface area (Å²) < 4.78 is 6.37. The van der Waals surface area contributed by atoms with E-state index in [0.29, 0.717) is 11.1 Å². The number of aryl methyl sites for hydroxylation is 1. The molecule has 3 aromatic rings. The average Bonchev–Trinajstić information content (AvgIpc) is 3.04. The maximum absolute atomic E-state index is 13.5. The quantitative estimate of drug-likeness (QED) is 0.378.